The van der Waals surface area contributed by atoms with Gasteiger partial charge in [-0.25, -0.2) is 9.78 Å². The maximum Gasteiger partial charge on any atom is 0.321 e. The number of para-hydroxylation sites is 2. The number of nitrogens with one attached hydrogen (secondary N) is 1. The third kappa shape index (κ3) is 5.24. The molecule has 1 saturated heterocycles. The molecular weight excluding hydrogens is 316 g/mol. The normalized spacial score (nSPS) is 15.3. The van der Waals surface area contributed by atoms with Crippen LogP contribution in [0.25, 0.3) is 0 Å². The summed E-state index contributed by atoms with van der Waals surface area (Å²) in [6.45, 7) is 2.90. The monoisotopic (exact) mass is 342 g/mol. The molecule has 0 aliphatic carbocycles. The van der Waals surface area contributed by atoms with Crippen molar-refractivity contribution in [3.05, 3.63) is 43.0 Å². The second-order valence-corrected chi connectivity index (χ2v) is 6.33. The number of aromatic nitrogens is 2. The number of ether oxygens (including phenoxy) is 1. The molecule has 25 heavy (non-hydrogen) atoms. The van der Waals surface area contributed by atoms with Crippen molar-refractivity contribution in [3.8, 4) is 5.75 Å². The zero-order valence-electron chi connectivity index (χ0n) is 14.6. The summed E-state index contributed by atoms with van der Waals surface area (Å²) in [6.07, 6.45) is 11.3. The topological polar surface area (TPSA) is 59.4 Å². The van der Waals surface area contributed by atoms with Crippen LogP contribution in [0.4, 0.5) is 10.5 Å². The lowest BCUT2D eigenvalue weighted by molar-refractivity contribution is 0.205. The van der Waals surface area contributed by atoms with Gasteiger partial charge in [0.05, 0.1) is 18.6 Å². The van der Waals surface area contributed by atoms with E-state index in [1.165, 1.54) is 19.3 Å². The molecule has 1 aliphatic heterocycles. The second-order valence-electron chi connectivity index (χ2n) is 6.33. The summed E-state index contributed by atoms with van der Waals surface area (Å²) in [7, 11) is 0. The number of amides is 2. The number of carbonyl (C=O) groups excluding carboxylic acids is 1. The minimum Gasteiger partial charge on any atom is -0.490 e. The quantitative estimate of drug-likeness (QED) is 0.900. The third-order valence-corrected chi connectivity index (χ3v) is 4.44. The smallest absolute Gasteiger partial charge is 0.321 e. The average Bonchev–Trinajstić information content (AvgIpc) is 3.09. The molecule has 134 valence electrons. The molecule has 1 fully saturated rings. The molecule has 0 saturated carbocycles. The summed E-state index contributed by atoms with van der Waals surface area (Å²) in [4.78, 5) is 18.5. The Balaban J connectivity index is 1.56. The molecule has 0 bridgehead atoms. The minimum absolute atomic E-state index is 0.0347. The Morgan fingerprint density at radius 2 is 1.88 bits per heavy atom. The standard InChI is InChI=1S/C19H26N4O2/c24-19(23-11-6-2-1-3-7-12-23)21-17-8-4-5-9-18(17)25-15-14-22-13-10-20-16-22/h4-5,8-10,13,16H,1-3,6-7,11-12,14-15H2,(H,21,24). The number of anilines is 1. The number of rotatable bonds is 5. The third-order valence-electron chi connectivity index (χ3n) is 4.44. The molecule has 1 aliphatic rings. The van der Waals surface area contributed by atoms with Crippen molar-refractivity contribution in [2.45, 2.75) is 38.6 Å². The number of hydrogen-bond donors (Lipinski definition) is 1. The molecule has 0 atom stereocenters. The van der Waals surface area contributed by atoms with E-state index in [9.17, 15) is 4.79 Å². The van der Waals surface area contributed by atoms with Crippen LogP contribution in [0.5, 0.6) is 5.75 Å². The summed E-state index contributed by atoms with van der Waals surface area (Å²) in [5, 5.41) is 3.01. The van der Waals surface area contributed by atoms with Gasteiger partial charge in [-0.2, -0.15) is 0 Å². The van der Waals surface area contributed by atoms with Crippen molar-refractivity contribution in [1.29, 1.82) is 0 Å². The molecule has 1 aromatic heterocycles. The summed E-state index contributed by atoms with van der Waals surface area (Å²) in [5.74, 6) is 0.697. The molecule has 2 aromatic rings. The largest absolute Gasteiger partial charge is 0.490 e. The van der Waals surface area contributed by atoms with Crippen molar-refractivity contribution in [3.63, 3.8) is 0 Å². The maximum absolute atomic E-state index is 12.6. The van der Waals surface area contributed by atoms with Crippen LogP contribution in [0.2, 0.25) is 0 Å². The van der Waals surface area contributed by atoms with E-state index < -0.39 is 0 Å². The van der Waals surface area contributed by atoms with Crippen LogP contribution in [0, 0.1) is 0 Å². The van der Waals surface area contributed by atoms with Gasteiger partial charge in [0, 0.05) is 25.5 Å². The van der Waals surface area contributed by atoms with Gasteiger partial charge in [0.25, 0.3) is 0 Å². The first-order valence-electron chi connectivity index (χ1n) is 9.06. The number of hydrogen-bond acceptors (Lipinski definition) is 3. The Morgan fingerprint density at radius 1 is 1.12 bits per heavy atom. The van der Waals surface area contributed by atoms with Gasteiger partial charge in [-0.05, 0) is 25.0 Å². The van der Waals surface area contributed by atoms with Gasteiger partial charge in [-0.3, -0.25) is 0 Å². The first kappa shape index (κ1) is 17.3. The molecule has 2 amide bonds. The zero-order valence-corrected chi connectivity index (χ0v) is 14.6. The Hall–Kier alpha value is -2.50. The number of carbonyl (C=O) groups is 1. The van der Waals surface area contributed by atoms with Crippen LogP contribution in [-0.2, 0) is 6.54 Å². The first-order chi connectivity index (χ1) is 12.3. The van der Waals surface area contributed by atoms with E-state index in [1.807, 2.05) is 39.9 Å². The van der Waals surface area contributed by atoms with Crippen LogP contribution in [0.1, 0.15) is 32.1 Å². The van der Waals surface area contributed by atoms with Gasteiger partial charge in [0.2, 0.25) is 0 Å². The second kappa shape index (κ2) is 9.11. The zero-order chi connectivity index (χ0) is 17.3. The number of imidazole rings is 1. The van der Waals surface area contributed by atoms with Crippen molar-refractivity contribution in [1.82, 2.24) is 14.5 Å². The number of likely N-dealkylation sites (tertiary alicyclic amines) is 1. The summed E-state index contributed by atoms with van der Waals surface area (Å²) in [5.41, 5.74) is 0.722. The number of urea groups is 1. The summed E-state index contributed by atoms with van der Waals surface area (Å²) >= 11 is 0. The molecule has 1 aromatic carbocycles. The van der Waals surface area contributed by atoms with Gasteiger partial charge < -0.3 is 19.5 Å². The Morgan fingerprint density at radius 3 is 2.64 bits per heavy atom. The highest BCUT2D eigenvalue weighted by atomic mass is 16.5. The van der Waals surface area contributed by atoms with Crippen molar-refractivity contribution in [2.75, 3.05) is 25.0 Å². The molecule has 0 radical (unpaired) electrons. The Labute approximate surface area is 148 Å². The number of nitrogens with zero attached hydrogens (tertiary/aromatic N) is 3. The van der Waals surface area contributed by atoms with Gasteiger partial charge in [0.1, 0.15) is 12.4 Å². The van der Waals surface area contributed by atoms with Crippen molar-refractivity contribution >= 4 is 11.7 Å². The lowest BCUT2D eigenvalue weighted by Gasteiger charge is -2.25. The molecule has 6 nitrogen and oxygen atoms in total. The van der Waals surface area contributed by atoms with Crippen molar-refractivity contribution < 1.29 is 9.53 Å². The maximum atomic E-state index is 12.6. The van der Waals surface area contributed by atoms with E-state index in [1.54, 1.807) is 12.5 Å². The van der Waals surface area contributed by atoms with Gasteiger partial charge in [0.15, 0.2) is 0 Å². The fraction of sp³-hybridized carbons (Fsp3) is 0.474. The van der Waals surface area contributed by atoms with E-state index in [0.29, 0.717) is 18.9 Å². The first-order valence-corrected chi connectivity index (χ1v) is 9.06. The number of benzene rings is 1. The molecule has 6 heteroatoms. The highest BCUT2D eigenvalue weighted by Gasteiger charge is 2.16. The van der Waals surface area contributed by atoms with E-state index in [2.05, 4.69) is 10.3 Å². The Bertz CT molecular complexity index is 649. The van der Waals surface area contributed by atoms with Gasteiger partial charge in [-0.15, -0.1) is 0 Å². The van der Waals surface area contributed by atoms with Crippen LogP contribution in [-0.4, -0.2) is 40.2 Å². The molecule has 0 spiro atoms. The lowest BCUT2D eigenvalue weighted by Crippen LogP contribution is -2.37. The average molecular weight is 342 g/mol. The molecular formula is C19H26N4O2. The predicted octanol–water partition coefficient (Wildman–Crippen LogP) is 3.76. The van der Waals surface area contributed by atoms with Crippen LogP contribution in [0.3, 0.4) is 0 Å². The van der Waals surface area contributed by atoms with Crippen LogP contribution >= 0.6 is 0 Å². The SMILES string of the molecule is O=C(Nc1ccccc1OCCn1ccnc1)N1CCCCCCC1. The van der Waals surface area contributed by atoms with E-state index >= 15 is 0 Å². The summed E-state index contributed by atoms with van der Waals surface area (Å²) in [6, 6.07) is 7.56. The highest BCUT2D eigenvalue weighted by Crippen LogP contribution is 2.24. The van der Waals surface area contributed by atoms with Crippen LogP contribution < -0.4 is 10.1 Å². The van der Waals surface area contributed by atoms with E-state index in [0.717, 1.165) is 31.6 Å². The van der Waals surface area contributed by atoms with Crippen LogP contribution in [0.15, 0.2) is 43.0 Å². The Kier molecular flexibility index (Phi) is 6.31. The van der Waals surface area contributed by atoms with Gasteiger partial charge >= 0.3 is 6.03 Å². The molecule has 1 N–H and O–H groups in total. The minimum atomic E-state index is -0.0347. The molecule has 2 heterocycles. The lowest BCUT2D eigenvalue weighted by atomic mass is 10.1. The molecule has 0 unspecified atom stereocenters. The van der Waals surface area contributed by atoms with E-state index in [-0.39, 0.29) is 6.03 Å². The fourth-order valence-electron chi connectivity index (χ4n) is 3.02. The fourth-order valence-corrected chi connectivity index (χ4v) is 3.02. The molecule has 3 rings (SSSR count). The van der Waals surface area contributed by atoms with Gasteiger partial charge in [-0.1, -0.05) is 31.4 Å². The van der Waals surface area contributed by atoms with Crippen molar-refractivity contribution in [2.24, 2.45) is 0 Å². The highest BCUT2D eigenvalue weighted by molar-refractivity contribution is 5.91. The predicted molar refractivity (Wildman–Crippen MR) is 97.8 cm³/mol. The van der Waals surface area contributed by atoms with E-state index in [4.69, 9.17) is 4.74 Å². The summed E-state index contributed by atoms with van der Waals surface area (Å²) < 4.78 is 7.82.